The molecule has 1 aromatic heterocycles. The molecule has 0 aliphatic carbocycles. The average Bonchev–Trinajstić information content (AvgIpc) is 2.69. The van der Waals surface area contributed by atoms with Crippen molar-refractivity contribution in [3.05, 3.63) is 75.2 Å². The number of piperazine rings is 1. The first kappa shape index (κ1) is 18.2. The molecule has 1 saturated heterocycles. The van der Waals surface area contributed by atoms with E-state index < -0.39 is 0 Å². The van der Waals surface area contributed by atoms with E-state index in [2.05, 4.69) is 27.0 Å². The molecule has 0 radical (unpaired) electrons. The largest absolute Gasteiger partial charge is 0.297 e. The van der Waals surface area contributed by atoms with Crippen LogP contribution in [0.2, 0.25) is 5.02 Å². The van der Waals surface area contributed by atoms with Crippen LogP contribution in [0.1, 0.15) is 11.3 Å². The zero-order valence-electron chi connectivity index (χ0n) is 15.4. The van der Waals surface area contributed by atoms with Gasteiger partial charge >= 0.3 is 0 Å². The summed E-state index contributed by atoms with van der Waals surface area (Å²) < 4.78 is 1.60. The summed E-state index contributed by atoms with van der Waals surface area (Å²) in [5.41, 5.74) is 2.15. The quantitative estimate of drug-likeness (QED) is 0.695. The van der Waals surface area contributed by atoms with Crippen LogP contribution in [0, 0.1) is 6.92 Å². The summed E-state index contributed by atoms with van der Waals surface area (Å²) >= 11 is 5.96. The van der Waals surface area contributed by atoms with E-state index in [9.17, 15) is 4.79 Å². The number of aromatic nitrogens is 2. The summed E-state index contributed by atoms with van der Waals surface area (Å²) in [5.74, 6) is 0. The molecule has 2 heterocycles. The van der Waals surface area contributed by atoms with E-state index in [-0.39, 0.29) is 5.56 Å². The Bertz CT molecular complexity index is 991. The van der Waals surface area contributed by atoms with Crippen molar-refractivity contribution in [3.63, 3.8) is 0 Å². The van der Waals surface area contributed by atoms with Crippen molar-refractivity contribution in [1.29, 1.82) is 0 Å². The van der Waals surface area contributed by atoms with Gasteiger partial charge in [-0.1, -0.05) is 41.9 Å². The van der Waals surface area contributed by atoms with Gasteiger partial charge in [-0.3, -0.25) is 14.6 Å². The standard InChI is InChI=1S/C21H23ClN4O/c1-16-19-4-2-3-5-20(19)21(27)26(23-16)15-25-12-10-24(11-13-25)14-17-6-8-18(22)9-7-17/h2-9H,10-15H2,1H3. The van der Waals surface area contributed by atoms with Crippen molar-refractivity contribution >= 4 is 22.4 Å². The van der Waals surface area contributed by atoms with Gasteiger partial charge in [0.1, 0.15) is 0 Å². The molecule has 0 atom stereocenters. The van der Waals surface area contributed by atoms with Crippen molar-refractivity contribution in [2.75, 3.05) is 26.2 Å². The zero-order chi connectivity index (χ0) is 18.8. The van der Waals surface area contributed by atoms with Crippen LogP contribution in [0.5, 0.6) is 0 Å². The molecule has 5 nitrogen and oxygen atoms in total. The summed E-state index contributed by atoms with van der Waals surface area (Å²) in [6, 6.07) is 15.7. The number of hydrogen-bond donors (Lipinski definition) is 0. The van der Waals surface area contributed by atoms with E-state index in [1.54, 1.807) is 4.68 Å². The molecule has 140 valence electrons. The first-order valence-electron chi connectivity index (χ1n) is 9.26. The molecule has 1 aliphatic rings. The van der Waals surface area contributed by atoms with E-state index in [0.717, 1.165) is 54.2 Å². The number of aryl methyl sites for hydroxylation is 1. The second-order valence-electron chi connectivity index (χ2n) is 7.10. The maximum atomic E-state index is 12.7. The van der Waals surface area contributed by atoms with Crippen LogP contribution in [0.4, 0.5) is 0 Å². The minimum Gasteiger partial charge on any atom is -0.297 e. The van der Waals surface area contributed by atoms with Crippen molar-refractivity contribution < 1.29 is 0 Å². The number of nitrogens with zero attached hydrogens (tertiary/aromatic N) is 4. The van der Waals surface area contributed by atoms with Crippen LogP contribution in [0.25, 0.3) is 10.8 Å². The molecule has 0 bridgehead atoms. The Kier molecular flexibility index (Phi) is 5.25. The topological polar surface area (TPSA) is 41.4 Å². The van der Waals surface area contributed by atoms with Crippen LogP contribution in [0.3, 0.4) is 0 Å². The second-order valence-corrected chi connectivity index (χ2v) is 7.53. The van der Waals surface area contributed by atoms with Gasteiger partial charge in [0, 0.05) is 43.1 Å². The van der Waals surface area contributed by atoms with Crippen LogP contribution >= 0.6 is 11.6 Å². The van der Waals surface area contributed by atoms with E-state index in [1.807, 2.05) is 43.3 Å². The van der Waals surface area contributed by atoms with Gasteiger partial charge in [0.25, 0.3) is 5.56 Å². The predicted octanol–water partition coefficient (Wildman–Crippen LogP) is 3.13. The summed E-state index contributed by atoms with van der Waals surface area (Å²) in [7, 11) is 0. The van der Waals surface area contributed by atoms with Crippen molar-refractivity contribution in [3.8, 4) is 0 Å². The third kappa shape index (κ3) is 4.05. The van der Waals surface area contributed by atoms with Gasteiger partial charge in [-0.05, 0) is 30.7 Å². The highest BCUT2D eigenvalue weighted by molar-refractivity contribution is 6.30. The highest BCUT2D eigenvalue weighted by Crippen LogP contribution is 2.14. The Hall–Kier alpha value is -2.21. The summed E-state index contributed by atoms with van der Waals surface area (Å²) in [4.78, 5) is 17.5. The molecule has 4 rings (SSSR count). The fourth-order valence-electron chi connectivity index (χ4n) is 3.63. The Morgan fingerprint density at radius 3 is 2.26 bits per heavy atom. The lowest BCUT2D eigenvalue weighted by atomic mass is 10.1. The molecule has 6 heteroatoms. The second kappa shape index (κ2) is 7.80. The van der Waals surface area contributed by atoms with Gasteiger partial charge < -0.3 is 0 Å². The number of rotatable bonds is 4. The van der Waals surface area contributed by atoms with Gasteiger partial charge in [0.05, 0.1) is 17.7 Å². The van der Waals surface area contributed by atoms with Gasteiger partial charge in [-0.2, -0.15) is 5.10 Å². The van der Waals surface area contributed by atoms with E-state index >= 15 is 0 Å². The third-order valence-electron chi connectivity index (χ3n) is 5.17. The van der Waals surface area contributed by atoms with Crippen molar-refractivity contribution in [2.24, 2.45) is 0 Å². The highest BCUT2D eigenvalue weighted by Gasteiger charge is 2.18. The van der Waals surface area contributed by atoms with Gasteiger partial charge in [0.2, 0.25) is 0 Å². The molecule has 3 aromatic rings. The lowest BCUT2D eigenvalue weighted by Crippen LogP contribution is -2.47. The monoisotopic (exact) mass is 382 g/mol. The average molecular weight is 383 g/mol. The lowest BCUT2D eigenvalue weighted by Gasteiger charge is -2.34. The predicted molar refractivity (Wildman–Crippen MR) is 109 cm³/mol. The van der Waals surface area contributed by atoms with Crippen molar-refractivity contribution in [2.45, 2.75) is 20.1 Å². The molecule has 0 saturated carbocycles. The third-order valence-corrected chi connectivity index (χ3v) is 5.42. The highest BCUT2D eigenvalue weighted by atomic mass is 35.5. The van der Waals surface area contributed by atoms with E-state index in [0.29, 0.717) is 6.67 Å². The number of benzene rings is 2. The molecule has 0 N–H and O–H groups in total. The molecule has 1 aliphatic heterocycles. The number of hydrogen-bond acceptors (Lipinski definition) is 4. The van der Waals surface area contributed by atoms with Crippen molar-refractivity contribution in [1.82, 2.24) is 19.6 Å². The molecule has 0 amide bonds. The minimum atomic E-state index is -0.0141. The lowest BCUT2D eigenvalue weighted by molar-refractivity contribution is 0.0970. The Balaban J connectivity index is 1.41. The smallest absolute Gasteiger partial charge is 0.275 e. The minimum absolute atomic E-state index is 0.0141. The molecular formula is C21H23ClN4O. The zero-order valence-corrected chi connectivity index (χ0v) is 16.2. The fraction of sp³-hybridized carbons (Fsp3) is 0.333. The molecule has 1 fully saturated rings. The molecule has 0 spiro atoms. The Morgan fingerprint density at radius 1 is 0.926 bits per heavy atom. The van der Waals surface area contributed by atoms with Crippen LogP contribution < -0.4 is 5.56 Å². The van der Waals surface area contributed by atoms with Crippen LogP contribution in [-0.4, -0.2) is 45.8 Å². The Labute approximate surface area is 163 Å². The summed E-state index contributed by atoms with van der Waals surface area (Å²) in [5, 5.41) is 6.98. The molecular weight excluding hydrogens is 360 g/mol. The maximum absolute atomic E-state index is 12.7. The van der Waals surface area contributed by atoms with Gasteiger partial charge in [-0.25, -0.2) is 4.68 Å². The van der Waals surface area contributed by atoms with E-state index in [1.165, 1.54) is 5.56 Å². The maximum Gasteiger partial charge on any atom is 0.275 e. The fourth-order valence-corrected chi connectivity index (χ4v) is 3.75. The Morgan fingerprint density at radius 2 is 1.56 bits per heavy atom. The first-order chi connectivity index (χ1) is 13.1. The summed E-state index contributed by atoms with van der Waals surface area (Å²) in [6.45, 7) is 7.23. The van der Waals surface area contributed by atoms with Crippen LogP contribution in [-0.2, 0) is 13.2 Å². The molecule has 0 unspecified atom stereocenters. The normalized spacial score (nSPS) is 16.1. The summed E-state index contributed by atoms with van der Waals surface area (Å²) in [6.07, 6.45) is 0. The SMILES string of the molecule is Cc1nn(CN2CCN(Cc3ccc(Cl)cc3)CC2)c(=O)c2ccccc12. The molecule has 2 aromatic carbocycles. The van der Waals surface area contributed by atoms with Gasteiger partial charge in [-0.15, -0.1) is 0 Å². The van der Waals surface area contributed by atoms with Gasteiger partial charge in [0.15, 0.2) is 0 Å². The first-order valence-corrected chi connectivity index (χ1v) is 9.63. The number of fused-ring (bicyclic) bond motifs is 1. The number of halogens is 1. The molecule has 27 heavy (non-hydrogen) atoms. The van der Waals surface area contributed by atoms with Crippen LogP contribution in [0.15, 0.2) is 53.3 Å². The van der Waals surface area contributed by atoms with E-state index in [4.69, 9.17) is 11.6 Å².